The molecule has 0 aromatic heterocycles. The highest BCUT2D eigenvalue weighted by atomic mass is 19.1. The number of rotatable bonds is 0. The van der Waals surface area contributed by atoms with Gasteiger partial charge >= 0.3 is 6.09 Å². The molecule has 0 radical (unpaired) electrons. The second-order valence-electron chi connectivity index (χ2n) is 7.00. The molecule has 2 rings (SSSR count). The summed E-state index contributed by atoms with van der Waals surface area (Å²) in [6.07, 6.45) is 0.238. The monoisotopic (exact) mass is 308 g/mol. The Morgan fingerprint density at radius 1 is 1.41 bits per heavy atom. The van der Waals surface area contributed by atoms with Crippen molar-refractivity contribution >= 4 is 6.09 Å². The molecule has 1 aromatic carbocycles. The second kappa shape index (κ2) is 5.88. The zero-order chi connectivity index (χ0) is 16.7. The maximum absolute atomic E-state index is 14.1. The summed E-state index contributed by atoms with van der Waals surface area (Å²) < 4.78 is 19.6. The van der Waals surface area contributed by atoms with Crippen molar-refractivity contribution in [1.29, 1.82) is 0 Å². The van der Waals surface area contributed by atoms with E-state index >= 15 is 0 Å². The summed E-state index contributed by atoms with van der Waals surface area (Å²) in [7, 11) is 0. The van der Waals surface area contributed by atoms with Gasteiger partial charge in [0.2, 0.25) is 0 Å². The summed E-state index contributed by atoms with van der Waals surface area (Å²) in [5.74, 6) is -0.208. The van der Waals surface area contributed by atoms with Crippen molar-refractivity contribution in [3.05, 3.63) is 34.1 Å². The summed E-state index contributed by atoms with van der Waals surface area (Å²) in [5, 5.41) is 0. The average molecular weight is 308 g/mol. The van der Waals surface area contributed by atoms with Crippen LogP contribution in [-0.4, -0.2) is 23.1 Å². The number of carbonyl (C=O) groups is 1. The van der Waals surface area contributed by atoms with E-state index < -0.39 is 5.60 Å². The number of nitrogens with zero attached hydrogens (tertiary/aromatic N) is 1. The van der Waals surface area contributed by atoms with Gasteiger partial charge in [0.25, 0.3) is 0 Å². The van der Waals surface area contributed by atoms with Crippen molar-refractivity contribution in [3.63, 3.8) is 0 Å². The van der Waals surface area contributed by atoms with Crippen molar-refractivity contribution in [2.24, 2.45) is 5.73 Å². The van der Waals surface area contributed by atoms with E-state index in [-0.39, 0.29) is 18.0 Å². The SMILES string of the molecule is Cc1cc2c(c(C)c1F)C(N)CCN(C(=O)OC(C)(C)C)C2. The number of nitrogens with two attached hydrogens (primary N) is 1. The van der Waals surface area contributed by atoms with Gasteiger partial charge in [-0.2, -0.15) is 0 Å². The van der Waals surface area contributed by atoms with E-state index in [1.807, 2.05) is 20.8 Å². The largest absolute Gasteiger partial charge is 0.444 e. The van der Waals surface area contributed by atoms with Crippen molar-refractivity contribution in [2.75, 3.05) is 6.54 Å². The highest BCUT2D eigenvalue weighted by Gasteiger charge is 2.28. The molecule has 0 bridgehead atoms. The Bertz CT molecular complexity index is 593. The van der Waals surface area contributed by atoms with Crippen LogP contribution in [0.1, 0.15) is 55.5 Å². The topological polar surface area (TPSA) is 55.6 Å². The minimum Gasteiger partial charge on any atom is -0.444 e. The molecular weight excluding hydrogens is 283 g/mol. The molecule has 0 aliphatic carbocycles. The summed E-state index contributed by atoms with van der Waals surface area (Å²) in [6, 6.07) is 1.53. The molecule has 1 aliphatic rings. The third kappa shape index (κ3) is 3.40. The van der Waals surface area contributed by atoms with Crippen LogP contribution in [0.25, 0.3) is 0 Å². The summed E-state index contributed by atoms with van der Waals surface area (Å²) in [6.45, 7) is 9.91. The molecule has 2 N–H and O–H groups in total. The summed E-state index contributed by atoms with van der Waals surface area (Å²) >= 11 is 0. The lowest BCUT2D eigenvalue weighted by Crippen LogP contribution is -2.36. The molecule has 1 heterocycles. The molecule has 0 fully saturated rings. The van der Waals surface area contributed by atoms with Gasteiger partial charge in [0.05, 0.1) is 0 Å². The van der Waals surface area contributed by atoms with E-state index in [4.69, 9.17) is 10.5 Å². The Balaban J connectivity index is 2.35. The maximum atomic E-state index is 14.1. The van der Waals surface area contributed by atoms with Crippen LogP contribution in [0.5, 0.6) is 0 Å². The van der Waals surface area contributed by atoms with Gasteiger partial charge < -0.3 is 15.4 Å². The van der Waals surface area contributed by atoms with Crippen molar-refractivity contribution in [3.8, 4) is 0 Å². The van der Waals surface area contributed by atoms with Gasteiger partial charge in [-0.1, -0.05) is 6.07 Å². The predicted molar refractivity (Wildman–Crippen MR) is 84.1 cm³/mol. The number of carbonyl (C=O) groups excluding carboxylic acids is 1. The molecule has 1 aliphatic heterocycles. The Kier molecular flexibility index (Phi) is 4.47. The van der Waals surface area contributed by atoms with Gasteiger partial charge in [-0.15, -0.1) is 0 Å². The van der Waals surface area contributed by atoms with E-state index in [0.29, 0.717) is 30.6 Å². The molecule has 122 valence electrons. The Hall–Kier alpha value is -1.62. The maximum Gasteiger partial charge on any atom is 0.410 e. The van der Waals surface area contributed by atoms with E-state index in [1.54, 1.807) is 24.8 Å². The Morgan fingerprint density at radius 3 is 2.64 bits per heavy atom. The molecule has 22 heavy (non-hydrogen) atoms. The number of halogens is 1. The number of fused-ring (bicyclic) bond motifs is 1. The lowest BCUT2D eigenvalue weighted by Gasteiger charge is -2.26. The van der Waals surface area contributed by atoms with E-state index in [1.165, 1.54) is 0 Å². The average Bonchev–Trinajstić information content (AvgIpc) is 2.53. The van der Waals surface area contributed by atoms with Crippen LogP contribution in [0, 0.1) is 19.7 Å². The number of hydrogen-bond acceptors (Lipinski definition) is 3. The van der Waals surface area contributed by atoms with Crippen molar-refractivity contribution in [2.45, 2.75) is 59.2 Å². The molecule has 5 heteroatoms. The van der Waals surface area contributed by atoms with Crippen molar-refractivity contribution in [1.82, 2.24) is 4.90 Å². The van der Waals surface area contributed by atoms with Crippen LogP contribution in [0.4, 0.5) is 9.18 Å². The molecule has 1 unspecified atom stereocenters. The fourth-order valence-corrected chi connectivity index (χ4v) is 2.91. The van der Waals surface area contributed by atoms with Crippen LogP contribution in [0.15, 0.2) is 6.07 Å². The van der Waals surface area contributed by atoms with Crippen LogP contribution in [-0.2, 0) is 11.3 Å². The minimum absolute atomic E-state index is 0.208. The van der Waals surface area contributed by atoms with E-state index in [9.17, 15) is 9.18 Å². The molecule has 1 atom stereocenters. The highest BCUT2D eigenvalue weighted by molar-refractivity contribution is 5.68. The first-order valence-electron chi connectivity index (χ1n) is 7.62. The number of aryl methyl sites for hydroxylation is 1. The number of ether oxygens (including phenoxy) is 1. The summed E-state index contributed by atoms with van der Waals surface area (Å²) in [5.41, 5.74) is 8.58. The first-order valence-corrected chi connectivity index (χ1v) is 7.62. The quantitative estimate of drug-likeness (QED) is 0.797. The van der Waals surface area contributed by atoms with Crippen LogP contribution >= 0.6 is 0 Å². The zero-order valence-electron chi connectivity index (χ0n) is 14.0. The number of benzene rings is 1. The molecule has 0 saturated carbocycles. The molecule has 4 nitrogen and oxygen atoms in total. The van der Waals surface area contributed by atoms with E-state index in [2.05, 4.69) is 0 Å². The first-order chi connectivity index (χ1) is 10.1. The fourth-order valence-electron chi connectivity index (χ4n) is 2.91. The van der Waals surface area contributed by atoms with Crippen LogP contribution in [0.2, 0.25) is 0 Å². The Labute approximate surface area is 131 Å². The van der Waals surface area contributed by atoms with Gasteiger partial charge in [0.15, 0.2) is 0 Å². The van der Waals surface area contributed by atoms with Crippen LogP contribution in [0.3, 0.4) is 0 Å². The van der Waals surface area contributed by atoms with Gasteiger partial charge in [0.1, 0.15) is 11.4 Å². The number of hydrogen-bond donors (Lipinski definition) is 1. The molecule has 1 aromatic rings. The third-order valence-corrected chi connectivity index (χ3v) is 3.91. The summed E-state index contributed by atoms with van der Waals surface area (Å²) in [4.78, 5) is 14.0. The predicted octanol–water partition coefficient (Wildman–Crippen LogP) is 3.58. The first kappa shape index (κ1) is 16.7. The van der Waals surface area contributed by atoms with Crippen LogP contribution < -0.4 is 5.73 Å². The smallest absolute Gasteiger partial charge is 0.410 e. The second-order valence-corrected chi connectivity index (χ2v) is 7.00. The molecule has 1 amide bonds. The van der Waals surface area contributed by atoms with Crippen molar-refractivity contribution < 1.29 is 13.9 Å². The minimum atomic E-state index is -0.539. The third-order valence-electron chi connectivity index (χ3n) is 3.91. The Morgan fingerprint density at radius 2 is 2.05 bits per heavy atom. The molecule has 0 spiro atoms. The lowest BCUT2D eigenvalue weighted by atomic mass is 9.92. The fraction of sp³-hybridized carbons (Fsp3) is 0.588. The van der Waals surface area contributed by atoms with Gasteiger partial charge in [0, 0.05) is 19.1 Å². The van der Waals surface area contributed by atoms with Gasteiger partial charge in [-0.25, -0.2) is 9.18 Å². The van der Waals surface area contributed by atoms with E-state index in [0.717, 1.165) is 11.1 Å². The lowest BCUT2D eigenvalue weighted by molar-refractivity contribution is 0.0235. The van der Waals surface area contributed by atoms with Gasteiger partial charge in [-0.3, -0.25) is 0 Å². The number of amides is 1. The highest BCUT2D eigenvalue weighted by Crippen LogP contribution is 2.31. The normalized spacial score (nSPS) is 18.7. The zero-order valence-corrected chi connectivity index (χ0v) is 14.0. The molecular formula is C17H25FN2O2. The standard InChI is InChI=1S/C17H25FN2O2/c1-10-8-12-9-20(16(21)22-17(3,4)5)7-6-13(19)14(12)11(2)15(10)18/h8,13H,6-7,9,19H2,1-5H3. The van der Waals surface area contributed by atoms with Gasteiger partial charge in [-0.05, 0) is 63.3 Å². The molecule has 0 saturated heterocycles.